The average molecular weight is 327 g/mol. The highest BCUT2D eigenvalue weighted by Crippen LogP contribution is 2.35. The molecule has 124 valence electrons. The molecular formula is C17H17N3O4. The van der Waals surface area contributed by atoms with Crippen molar-refractivity contribution in [3.05, 3.63) is 40.9 Å². The minimum absolute atomic E-state index is 0.0350. The van der Waals surface area contributed by atoms with Gasteiger partial charge in [0, 0.05) is 24.7 Å². The molecule has 7 nitrogen and oxygen atoms in total. The van der Waals surface area contributed by atoms with Gasteiger partial charge < -0.3 is 14.4 Å². The highest BCUT2D eigenvalue weighted by Gasteiger charge is 2.19. The maximum atomic E-state index is 12.3. The largest absolute Gasteiger partial charge is 0.454 e. The first-order valence-electron chi connectivity index (χ1n) is 7.95. The third-order valence-corrected chi connectivity index (χ3v) is 4.31. The summed E-state index contributed by atoms with van der Waals surface area (Å²) in [5.41, 5.74) is 1.07. The maximum Gasteiger partial charge on any atom is 0.254 e. The standard InChI is InChI=1S/C17H17N3O4/c21-16-8-13(12-3-4-14-15(7-12)24-11-23-14)18-10-20(16)9-17(22)19-5-1-2-6-19/h3-4,7-8,10H,1-2,5-6,9,11H2. The fourth-order valence-corrected chi connectivity index (χ4v) is 2.97. The van der Waals surface area contributed by atoms with Crippen LogP contribution < -0.4 is 15.0 Å². The molecule has 1 amide bonds. The van der Waals surface area contributed by atoms with Crippen LogP contribution in [0, 0.1) is 0 Å². The van der Waals surface area contributed by atoms with Gasteiger partial charge in [0.05, 0.1) is 12.0 Å². The van der Waals surface area contributed by atoms with E-state index in [4.69, 9.17) is 9.47 Å². The zero-order chi connectivity index (χ0) is 16.5. The van der Waals surface area contributed by atoms with Gasteiger partial charge in [-0.25, -0.2) is 4.98 Å². The van der Waals surface area contributed by atoms with E-state index >= 15 is 0 Å². The summed E-state index contributed by atoms with van der Waals surface area (Å²) in [7, 11) is 0. The predicted molar refractivity (Wildman–Crippen MR) is 85.9 cm³/mol. The van der Waals surface area contributed by atoms with Crippen LogP contribution in [0.25, 0.3) is 11.3 Å². The molecule has 0 bridgehead atoms. The molecule has 1 saturated heterocycles. The molecule has 0 N–H and O–H groups in total. The molecule has 2 aliphatic heterocycles. The Morgan fingerprint density at radius 2 is 1.92 bits per heavy atom. The highest BCUT2D eigenvalue weighted by atomic mass is 16.7. The van der Waals surface area contributed by atoms with Gasteiger partial charge in [-0.3, -0.25) is 14.2 Å². The van der Waals surface area contributed by atoms with Gasteiger partial charge in [0.25, 0.3) is 5.56 Å². The molecule has 2 aliphatic rings. The summed E-state index contributed by atoms with van der Waals surface area (Å²) in [4.78, 5) is 30.6. The Hall–Kier alpha value is -2.83. The first kappa shape index (κ1) is 14.7. The number of nitrogens with zero attached hydrogens (tertiary/aromatic N) is 3. The summed E-state index contributed by atoms with van der Waals surface area (Å²) < 4.78 is 12.0. The Bertz CT molecular complexity index is 840. The molecule has 0 radical (unpaired) electrons. The molecule has 1 aromatic heterocycles. The Labute approximate surface area is 138 Å². The van der Waals surface area contributed by atoms with E-state index < -0.39 is 0 Å². The number of benzene rings is 1. The molecule has 24 heavy (non-hydrogen) atoms. The number of hydrogen-bond acceptors (Lipinski definition) is 5. The molecule has 7 heteroatoms. The Morgan fingerprint density at radius 3 is 2.71 bits per heavy atom. The van der Waals surface area contributed by atoms with Crippen molar-refractivity contribution in [2.75, 3.05) is 19.9 Å². The number of rotatable bonds is 3. The number of amides is 1. The van der Waals surface area contributed by atoms with Crippen LogP contribution in [-0.2, 0) is 11.3 Å². The lowest BCUT2D eigenvalue weighted by Crippen LogP contribution is -2.34. The monoisotopic (exact) mass is 327 g/mol. The third kappa shape index (κ3) is 2.73. The molecule has 0 spiro atoms. The topological polar surface area (TPSA) is 73.7 Å². The zero-order valence-corrected chi connectivity index (χ0v) is 13.1. The lowest BCUT2D eigenvalue weighted by molar-refractivity contribution is -0.130. The van der Waals surface area contributed by atoms with Crippen LogP contribution in [0.3, 0.4) is 0 Å². The Balaban J connectivity index is 1.55. The van der Waals surface area contributed by atoms with Gasteiger partial charge in [-0.05, 0) is 31.0 Å². The molecule has 0 unspecified atom stereocenters. The summed E-state index contributed by atoms with van der Waals surface area (Å²) in [6.45, 7) is 1.78. The van der Waals surface area contributed by atoms with Crippen molar-refractivity contribution in [1.82, 2.24) is 14.5 Å². The van der Waals surface area contributed by atoms with Gasteiger partial charge in [0.1, 0.15) is 6.54 Å². The molecular weight excluding hydrogens is 310 g/mol. The molecule has 3 heterocycles. The lowest BCUT2D eigenvalue weighted by Gasteiger charge is -2.15. The summed E-state index contributed by atoms with van der Waals surface area (Å²) in [6, 6.07) is 6.86. The van der Waals surface area contributed by atoms with Gasteiger partial charge in [-0.15, -0.1) is 0 Å². The summed E-state index contributed by atoms with van der Waals surface area (Å²) in [6.07, 6.45) is 3.49. The summed E-state index contributed by atoms with van der Waals surface area (Å²) >= 11 is 0. The number of ether oxygens (including phenoxy) is 2. The fraction of sp³-hybridized carbons (Fsp3) is 0.353. The van der Waals surface area contributed by atoms with Crippen molar-refractivity contribution in [2.45, 2.75) is 19.4 Å². The number of likely N-dealkylation sites (tertiary alicyclic amines) is 1. The van der Waals surface area contributed by atoms with Gasteiger partial charge >= 0.3 is 0 Å². The van der Waals surface area contributed by atoms with Crippen LogP contribution >= 0.6 is 0 Å². The predicted octanol–water partition coefficient (Wildman–Crippen LogP) is 1.26. The lowest BCUT2D eigenvalue weighted by atomic mass is 10.1. The van der Waals surface area contributed by atoms with E-state index in [1.54, 1.807) is 17.0 Å². The van der Waals surface area contributed by atoms with Crippen molar-refractivity contribution >= 4 is 5.91 Å². The second kappa shape index (κ2) is 5.99. The minimum Gasteiger partial charge on any atom is -0.454 e. The Morgan fingerprint density at radius 1 is 1.12 bits per heavy atom. The summed E-state index contributed by atoms with van der Waals surface area (Å²) in [5.74, 6) is 1.29. The SMILES string of the molecule is O=C(Cn1cnc(-c2ccc3c(c2)OCO3)cc1=O)N1CCCC1. The van der Waals surface area contributed by atoms with Gasteiger partial charge in [0.2, 0.25) is 12.7 Å². The molecule has 1 fully saturated rings. The third-order valence-electron chi connectivity index (χ3n) is 4.31. The highest BCUT2D eigenvalue weighted by molar-refractivity contribution is 5.76. The quantitative estimate of drug-likeness (QED) is 0.848. The minimum atomic E-state index is -0.245. The van der Waals surface area contributed by atoms with Crippen molar-refractivity contribution in [2.24, 2.45) is 0 Å². The number of carbonyl (C=O) groups is 1. The molecule has 4 rings (SSSR count). The van der Waals surface area contributed by atoms with E-state index in [1.165, 1.54) is 17.0 Å². The Kier molecular flexibility index (Phi) is 3.68. The number of aromatic nitrogens is 2. The van der Waals surface area contributed by atoms with E-state index in [0.29, 0.717) is 17.2 Å². The van der Waals surface area contributed by atoms with E-state index in [1.807, 2.05) is 6.07 Å². The van der Waals surface area contributed by atoms with Crippen molar-refractivity contribution < 1.29 is 14.3 Å². The van der Waals surface area contributed by atoms with E-state index in [2.05, 4.69) is 4.98 Å². The van der Waals surface area contributed by atoms with Crippen molar-refractivity contribution in [3.8, 4) is 22.8 Å². The number of hydrogen-bond donors (Lipinski definition) is 0. The van der Waals surface area contributed by atoms with Gasteiger partial charge in [-0.2, -0.15) is 0 Å². The van der Waals surface area contributed by atoms with E-state index in [9.17, 15) is 9.59 Å². The molecule has 1 aromatic carbocycles. The smallest absolute Gasteiger partial charge is 0.254 e. The molecule has 0 aliphatic carbocycles. The van der Waals surface area contributed by atoms with Gasteiger partial charge in [-0.1, -0.05) is 0 Å². The number of fused-ring (bicyclic) bond motifs is 1. The van der Waals surface area contributed by atoms with Crippen molar-refractivity contribution in [3.63, 3.8) is 0 Å². The zero-order valence-electron chi connectivity index (χ0n) is 13.1. The molecule has 0 saturated carbocycles. The molecule has 2 aromatic rings. The van der Waals surface area contributed by atoms with Crippen LogP contribution in [0.15, 0.2) is 35.4 Å². The maximum absolute atomic E-state index is 12.3. The van der Waals surface area contributed by atoms with Crippen LogP contribution in [0.1, 0.15) is 12.8 Å². The fourth-order valence-electron chi connectivity index (χ4n) is 2.97. The second-order valence-corrected chi connectivity index (χ2v) is 5.90. The first-order chi connectivity index (χ1) is 11.7. The van der Waals surface area contributed by atoms with Crippen molar-refractivity contribution in [1.29, 1.82) is 0 Å². The van der Waals surface area contributed by atoms with E-state index in [0.717, 1.165) is 31.5 Å². The number of carbonyl (C=O) groups excluding carboxylic acids is 1. The van der Waals surface area contributed by atoms with Gasteiger partial charge in [0.15, 0.2) is 11.5 Å². The second-order valence-electron chi connectivity index (χ2n) is 5.90. The van der Waals surface area contributed by atoms with Crippen LogP contribution in [0.2, 0.25) is 0 Å². The van der Waals surface area contributed by atoms with Crippen LogP contribution in [0.5, 0.6) is 11.5 Å². The van der Waals surface area contributed by atoms with Crippen LogP contribution in [0.4, 0.5) is 0 Å². The van der Waals surface area contributed by atoms with Crippen LogP contribution in [-0.4, -0.2) is 40.2 Å². The van der Waals surface area contributed by atoms with E-state index in [-0.39, 0.29) is 24.8 Å². The summed E-state index contributed by atoms with van der Waals surface area (Å²) in [5, 5.41) is 0. The average Bonchev–Trinajstić information content (AvgIpc) is 3.27. The normalized spacial score (nSPS) is 15.8. The first-order valence-corrected chi connectivity index (χ1v) is 7.95. The molecule has 0 atom stereocenters.